The van der Waals surface area contributed by atoms with Gasteiger partial charge in [0.1, 0.15) is 12.4 Å². The summed E-state index contributed by atoms with van der Waals surface area (Å²) in [6.45, 7) is 2.01. The third-order valence-electron chi connectivity index (χ3n) is 4.52. The van der Waals surface area contributed by atoms with Gasteiger partial charge in [0, 0.05) is 13.1 Å². The number of fused-ring (bicyclic) bond motifs is 1. The van der Waals surface area contributed by atoms with Gasteiger partial charge in [-0.3, -0.25) is 19.0 Å². The fourth-order valence-electron chi connectivity index (χ4n) is 2.92. The quantitative estimate of drug-likeness (QED) is 0.659. The smallest absolute Gasteiger partial charge is 0.269 e. The molecule has 0 aliphatic rings. The van der Waals surface area contributed by atoms with E-state index >= 15 is 0 Å². The topological polar surface area (TPSA) is 84.3 Å². The van der Waals surface area contributed by atoms with Crippen molar-refractivity contribution >= 4 is 22.8 Å². The van der Waals surface area contributed by atoms with E-state index in [0.29, 0.717) is 17.6 Å². The molecule has 7 nitrogen and oxygen atoms in total. The number of para-hydroxylation sites is 2. The first kappa shape index (κ1) is 20.2. The van der Waals surface area contributed by atoms with Gasteiger partial charge in [-0.1, -0.05) is 24.3 Å². The first-order valence-electron chi connectivity index (χ1n) is 9.21. The highest BCUT2D eigenvalue weighted by Gasteiger charge is 2.17. The van der Waals surface area contributed by atoms with Gasteiger partial charge >= 0.3 is 0 Å². The van der Waals surface area contributed by atoms with E-state index in [4.69, 9.17) is 0 Å². The van der Waals surface area contributed by atoms with Gasteiger partial charge in [0.05, 0.1) is 23.8 Å². The van der Waals surface area contributed by atoms with Crippen LogP contribution in [0.5, 0.6) is 0 Å². The van der Waals surface area contributed by atoms with Gasteiger partial charge in [0.15, 0.2) is 0 Å². The van der Waals surface area contributed by atoms with Crippen LogP contribution in [0.3, 0.4) is 0 Å². The van der Waals surface area contributed by atoms with Gasteiger partial charge in [-0.15, -0.1) is 0 Å². The Balaban J connectivity index is 1.65. The molecule has 0 bridgehead atoms. The van der Waals surface area contributed by atoms with Crippen molar-refractivity contribution < 1.29 is 14.0 Å². The number of hydrogen-bond acceptors (Lipinski definition) is 4. The van der Waals surface area contributed by atoms with Crippen LogP contribution in [0.2, 0.25) is 0 Å². The van der Waals surface area contributed by atoms with Crippen LogP contribution in [0.25, 0.3) is 11.0 Å². The molecule has 3 rings (SSSR count). The first-order valence-corrected chi connectivity index (χ1v) is 9.21. The number of nitrogens with zero attached hydrogens (tertiary/aromatic N) is 3. The summed E-state index contributed by atoms with van der Waals surface area (Å²) in [5.41, 5.74) is 1.54. The van der Waals surface area contributed by atoms with E-state index in [9.17, 15) is 18.8 Å². The monoisotopic (exact) mass is 396 g/mol. The Labute approximate surface area is 166 Å². The van der Waals surface area contributed by atoms with Gasteiger partial charge in [-0.05, 0) is 36.8 Å². The second-order valence-electron chi connectivity index (χ2n) is 6.48. The molecule has 0 aliphatic carbocycles. The summed E-state index contributed by atoms with van der Waals surface area (Å²) in [5, 5.41) is 2.71. The van der Waals surface area contributed by atoms with E-state index < -0.39 is 0 Å². The van der Waals surface area contributed by atoms with Crippen molar-refractivity contribution in [2.24, 2.45) is 0 Å². The highest BCUT2D eigenvalue weighted by atomic mass is 19.1. The zero-order chi connectivity index (χ0) is 20.8. The predicted octanol–water partition coefficient (Wildman–Crippen LogP) is 1.70. The summed E-state index contributed by atoms with van der Waals surface area (Å²) < 4.78 is 14.3. The van der Waals surface area contributed by atoms with Crippen LogP contribution in [0.15, 0.2) is 59.5 Å². The minimum absolute atomic E-state index is 0.131. The van der Waals surface area contributed by atoms with Gasteiger partial charge in [-0.25, -0.2) is 9.37 Å². The number of halogens is 1. The van der Waals surface area contributed by atoms with Crippen LogP contribution in [-0.2, 0) is 22.7 Å². The zero-order valence-electron chi connectivity index (χ0n) is 16.0. The molecule has 0 atom stereocenters. The fraction of sp³-hybridized carbons (Fsp3) is 0.238. The Hall–Kier alpha value is -3.55. The molecule has 2 amide bonds. The van der Waals surface area contributed by atoms with Crippen molar-refractivity contribution in [2.75, 3.05) is 13.1 Å². The maximum atomic E-state index is 12.9. The highest BCUT2D eigenvalue weighted by molar-refractivity contribution is 5.85. The van der Waals surface area contributed by atoms with Crippen LogP contribution < -0.4 is 10.9 Å². The average Bonchev–Trinajstić information content (AvgIpc) is 2.73. The molecule has 1 aromatic heterocycles. The molecular formula is C21H21FN4O3. The van der Waals surface area contributed by atoms with Crippen LogP contribution in [0.4, 0.5) is 4.39 Å². The van der Waals surface area contributed by atoms with Crippen molar-refractivity contribution in [3.05, 3.63) is 76.5 Å². The van der Waals surface area contributed by atoms with Gasteiger partial charge < -0.3 is 10.2 Å². The third-order valence-corrected chi connectivity index (χ3v) is 4.52. The summed E-state index contributed by atoms with van der Waals surface area (Å²) >= 11 is 0. The number of carbonyl (C=O) groups is 2. The molecule has 0 saturated carbocycles. The molecule has 0 spiro atoms. The lowest BCUT2D eigenvalue weighted by Gasteiger charge is -2.21. The third kappa shape index (κ3) is 5.04. The maximum absolute atomic E-state index is 12.9. The molecule has 29 heavy (non-hydrogen) atoms. The van der Waals surface area contributed by atoms with Gasteiger partial charge in [0.2, 0.25) is 11.8 Å². The van der Waals surface area contributed by atoms with E-state index in [1.54, 1.807) is 43.3 Å². The van der Waals surface area contributed by atoms with E-state index in [0.717, 1.165) is 5.56 Å². The van der Waals surface area contributed by atoms with Crippen molar-refractivity contribution in [1.29, 1.82) is 0 Å². The summed E-state index contributed by atoms with van der Waals surface area (Å²) in [6.07, 6.45) is 1.18. The molecule has 1 heterocycles. The Bertz CT molecular complexity index is 1080. The lowest BCUT2D eigenvalue weighted by atomic mass is 10.2. The van der Waals surface area contributed by atoms with E-state index in [1.807, 2.05) is 0 Å². The second kappa shape index (κ2) is 9.09. The molecule has 0 radical (unpaired) electrons. The van der Waals surface area contributed by atoms with Gasteiger partial charge in [0.25, 0.3) is 5.56 Å². The molecule has 8 heteroatoms. The van der Waals surface area contributed by atoms with E-state index in [-0.39, 0.29) is 42.8 Å². The Kier molecular flexibility index (Phi) is 6.33. The summed E-state index contributed by atoms with van der Waals surface area (Å²) in [6, 6.07) is 12.9. The van der Waals surface area contributed by atoms with Crippen molar-refractivity contribution in [1.82, 2.24) is 19.8 Å². The molecule has 0 fully saturated rings. The molecule has 3 aromatic rings. The molecule has 1 N–H and O–H groups in total. The lowest BCUT2D eigenvalue weighted by molar-refractivity contribution is -0.136. The van der Waals surface area contributed by atoms with Gasteiger partial charge in [-0.2, -0.15) is 0 Å². The number of aromatic nitrogens is 2. The SMILES string of the molecule is CCN(CC(=O)NCc1ccc(F)cc1)C(=O)Cn1c(=O)cnc2ccccc21. The van der Waals surface area contributed by atoms with Crippen LogP contribution in [0, 0.1) is 5.82 Å². The number of likely N-dealkylation sites (N-methyl/N-ethyl adjacent to an activating group) is 1. The molecular weight excluding hydrogens is 375 g/mol. The second-order valence-corrected chi connectivity index (χ2v) is 6.48. The predicted molar refractivity (Wildman–Crippen MR) is 107 cm³/mol. The summed E-state index contributed by atoms with van der Waals surface area (Å²) in [5.74, 6) is -1.03. The first-order chi connectivity index (χ1) is 14.0. The molecule has 0 unspecified atom stereocenters. The maximum Gasteiger partial charge on any atom is 0.269 e. The molecule has 150 valence electrons. The number of nitrogens with one attached hydrogen (secondary N) is 1. The standard InChI is InChI=1S/C21H21FN4O3/c1-2-25(13-19(27)24-11-15-7-9-16(22)10-8-15)21(29)14-26-18-6-4-3-5-17(18)23-12-20(26)28/h3-10,12H,2,11,13-14H2,1H3,(H,24,27). The molecule has 0 saturated heterocycles. The number of rotatable bonds is 7. The Morgan fingerprint density at radius 2 is 1.86 bits per heavy atom. The Morgan fingerprint density at radius 1 is 1.14 bits per heavy atom. The number of amides is 2. The minimum Gasteiger partial charge on any atom is -0.350 e. The van der Waals surface area contributed by atoms with Crippen LogP contribution in [0.1, 0.15) is 12.5 Å². The number of hydrogen-bond donors (Lipinski definition) is 1. The van der Waals surface area contributed by atoms with E-state index in [2.05, 4.69) is 10.3 Å². The van der Waals surface area contributed by atoms with Crippen molar-refractivity contribution in [3.8, 4) is 0 Å². The highest BCUT2D eigenvalue weighted by Crippen LogP contribution is 2.09. The molecule has 2 aromatic carbocycles. The minimum atomic E-state index is -0.381. The zero-order valence-corrected chi connectivity index (χ0v) is 16.0. The van der Waals surface area contributed by atoms with Crippen molar-refractivity contribution in [3.63, 3.8) is 0 Å². The average molecular weight is 396 g/mol. The molecule has 0 aliphatic heterocycles. The lowest BCUT2D eigenvalue weighted by Crippen LogP contribution is -2.42. The largest absolute Gasteiger partial charge is 0.350 e. The van der Waals surface area contributed by atoms with Crippen molar-refractivity contribution in [2.45, 2.75) is 20.0 Å². The van der Waals surface area contributed by atoms with E-state index in [1.165, 1.54) is 27.8 Å². The number of carbonyl (C=O) groups excluding carboxylic acids is 2. The normalized spacial score (nSPS) is 10.7. The van der Waals surface area contributed by atoms with Crippen LogP contribution >= 0.6 is 0 Å². The number of benzene rings is 2. The summed E-state index contributed by atoms with van der Waals surface area (Å²) in [4.78, 5) is 42.6. The van der Waals surface area contributed by atoms with Crippen LogP contribution in [-0.4, -0.2) is 39.4 Å². The summed E-state index contributed by atoms with van der Waals surface area (Å²) in [7, 11) is 0. The fourth-order valence-corrected chi connectivity index (χ4v) is 2.92. The Morgan fingerprint density at radius 3 is 2.59 bits per heavy atom.